The number of nitrogens with one attached hydrogen (secondary N) is 1. The molecule has 2 rings (SSSR count). The first-order valence-electron chi connectivity index (χ1n) is 6.26. The highest BCUT2D eigenvalue weighted by molar-refractivity contribution is 9.10. The number of halogens is 5. The van der Waals surface area contributed by atoms with E-state index in [0.29, 0.717) is 22.1 Å². The molecule has 0 saturated heterocycles. The van der Waals surface area contributed by atoms with Crippen molar-refractivity contribution in [2.45, 2.75) is 13.0 Å². The van der Waals surface area contributed by atoms with E-state index in [-0.39, 0.29) is 5.02 Å². The van der Waals surface area contributed by atoms with Crippen molar-refractivity contribution < 1.29 is 13.2 Å². The second-order valence-corrected chi connectivity index (χ2v) is 5.71. The van der Waals surface area contributed by atoms with Gasteiger partial charge < -0.3 is 5.32 Å². The molecule has 1 atom stereocenters. The van der Waals surface area contributed by atoms with Crippen LogP contribution in [0.3, 0.4) is 0 Å². The Bertz CT molecular complexity index is 664. The van der Waals surface area contributed by atoms with Gasteiger partial charge in [0.1, 0.15) is 5.82 Å². The zero-order valence-electron chi connectivity index (χ0n) is 11.1. The zero-order chi connectivity index (χ0) is 15.6. The van der Waals surface area contributed by atoms with Gasteiger partial charge in [0.15, 0.2) is 11.6 Å². The van der Waals surface area contributed by atoms with E-state index >= 15 is 0 Å². The maximum atomic E-state index is 13.5. The van der Waals surface area contributed by atoms with E-state index in [1.807, 2.05) is 6.92 Å². The predicted octanol–water partition coefficient (Wildman–Crippen LogP) is 5.22. The van der Waals surface area contributed by atoms with Gasteiger partial charge in [0.2, 0.25) is 0 Å². The van der Waals surface area contributed by atoms with Crippen LogP contribution in [0.15, 0.2) is 34.8 Å². The molecule has 1 unspecified atom stereocenters. The fourth-order valence-electron chi connectivity index (χ4n) is 2.09. The van der Waals surface area contributed by atoms with E-state index in [1.54, 1.807) is 6.07 Å². The molecule has 1 nitrogen and oxygen atoms in total. The van der Waals surface area contributed by atoms with Gasteiger partial charge in [-0.05, 0) is 48.0 Å². The SMILES string of the molecule is CCNC(c1cc(F)c(F)cc1Cl)c1cc(F)ccc1Br. The normalized spacial score (nSPS) is 12.5. The maximum absolute atomic E-state index is 13.5. The third-order valence-corrected chi connectivity index (χ3v) is 4.08. The van der Waals surface area contributed by atoms with E-state index in [9.17, 15) is 13.2 Å². The van der Waals surface area contributed by atoms with Crippen LogP contribution < -0.4 is 5.32 Å². The van der Waals surface area contributed by atoms with Crippen LogP contribution in [0, 0.1) is 17.5 Å². The molecule has 0 bridgehead atoms. The molecule has 2 aromatic carbocycles. The number of hydrogen-bond donors (Lipinski definition) is 1. The van der Waals surface area contributed by atoms with Gasteiger partial charge in [-0.1, -0.05) is 34.5 Å². The van der Waals surface area contributed by atoms with Crippen LogP contribution in [0.1, 0.15) is 24.1 Å². The first kappa shape index (κ1) is 16.3. The van der Waals surface area contributed by atoms with Crippen molar-refractivity contribution in [1.29, 1.82) is 0 Å². The van der Waals surface area contributed by atoms with Crippen molar-refractivity contribution in [3.63, 3.8) is 0 Å². The minimum atomic E-state index is -1.02. The molecule has 2 aromatic rings. The van der Waals surface area contributed by atoms with Crippen LogP contribution in [0.4, 0.5) is 13.2 Å². The van der Waals surface area contributed by atoms with Gasteiger partial charge in [-0.2, -0.15) is 0 Å². The Morgan fingerprint density at radius 1 is 1.10 bits per heavy atom. The molecule has 0 fully saturated rings. The van der Waals surface area contributed by atoms with Crippen molar-refractivity contribution in [2.24, 2.45) is 0 Å². The number of hydrogen-bond acceptors (Lipinski definition) is 1. The Balaban J connectivity index is 2.58. The smallest absolute Gasteiger partial charge is 0.160 e. The summed E-state index contributed by atoms with van der Waals surface area (Å²) in [5.74, 6) is -2.43. The Morgan fingerprint density at radius 2 is 1.76 bits per heavy atom. The molecule has 0 aliphatic carbocycles. The van der Waals surface area contributed by atoms with E-state index in [0.717, 1.165) is 12.1 Å². The monoisotopic (exact) mass is 377 g/mol. The van der Waals surface area contributed by atoms with E-state index < -0.39 is 23.5 Å². The standard InChI is InChI=1S/C15H12BrClF3N/c1-2-21-15(9-5-8(18)3-4-11(9)16)10-6-13(19)14(20)7-12(10)17/h3-7,15,21H,2H2,1H3. The van der Waals surface area contributed by atoms with Crippen LogP contribution in [-0.4, -0.2) is 6.54 Å². The second-order valence-electron chi connectivity index (χ2n) is 4.44. The first-order chi connectivity index (χ1) is 9.93. The van der Waals surface area contributed by atoms with Gasteiger partial charge in [0, 0.05) is 9.50 Å². The largest absolute Gasteiger partial charge is 0.306 e. The maximum Gasteiger partial charge on any atom is 0.160 e. The van der Waals surface area contributed by atoms with Crippen molar-refractivity contribution in [3.8, 4) is 0 Å². The molecule has 0 amide bonds. The summed E-state index contributed by atoms with van der Waals surface area (Å²) in [7, 11) is 0. The molecule has 0 heterocycles. The van der Waals surface area contributed by atoms with Crippen LogP contribution in [-0.2, 0) is 0 Å². The summed E-state index contributed by atoms with van der Waals surface area (Å²) < 4.78 is 40.9. The van der Waals surface area contributed by atoms with Gasteiger partial charge in [0.25, 0.3) is 0 Å². The topological polar surface area (TPSA) is 12.0 Å². The lowest BCUT2D eigenvalue weighted by molar-refractivity contribution is 0.503. The van der Waals surface area contributed by atoms with Crippen LogP contribution in [0.2, 0.25) is 5.02 Å². The Morgan fingerprint density at radius 3 is 2.43 bits per heavy atom. The Kier molecular flexibility index (Phi) is 5.30. The average Bonchev–Trinajstić information content (AvgIpc) is 2.43. The molecule has 6 heteroatoms. The summed E-state index contributed by atoms with van der Waals surface area (Å²) in [5, 5.41) is 3.18. The summed E-state index contributed by atoms with van der Waals surface area (Å²) in [4.78, 5) is 0. The minimum Gasteiger partial charge on any atom is -0.306 e. The summed E-state index contributed by atoms with van der Waals surface area (Å²) in [6.45, 7) is 2.40. The summed E-state index contributed by atoms with van der Waals surface area (Å²) in [6, 6.07) is 5.59. The molecule has 0 aliphatic rings. The highest BCUT2D eigenvalue weighted by Gasteiger charge is 2.21. The van der Waals surface area contributed by atoms with Gasteiger partial charge in [0.05, 0.1) is 6.04 Å². The van der Waals surface area contributed by atoms with Crippen molar-refractivity contribution in [2.75, 3.05) is 6.54 Å². The summed E-state index contributed by atoms with van der Waals surface area (Å²) in [6.07, 6.45) is 0. The van der Waals surface area contributed by atoms with E-state index in [1.165, 1.54) is 12.1 Å². The molecule has 0 aromatic heterocycles. The Labute approximate surface area is 134 Å². The van der Waals surface area contributed by atoms with Crippen LogP contribution in [0.25, 0.3) is 0 Å². The van der Waals surface area contributed by atoms with E-state index in [4.69, 9.17) is 11.6 Å². The van der Waals surface area contributed by atoms with Crippen LogP contribution >= 0.6 is 27.5 Å². The van der Waals surface area contributed by atoms with Crippen molar-refractivity contribution >= 4 is 27.5 Å². The highest BCUT2D eigenvalue weighted by Crippen LogP contribution is 2.34. The van der Waals surface area contributed by atoms with Crippen LogP contribution in [0.5, 0.6) is 0 Å². The summed E-state index contributed by atoms with van der Waals surface area (Å²) in [5.41, 5.74) is 0.911. The molecule has 0 spiro atoms. The molecule has 0 radical (unpaired) electrons. The molecular weight excluding hydrogens is 367 g/mol. The Hall–Kier alpha value is -1.04. The fraction of sp³-hybridized carbons (Fsp3) is 0.200. The molecule has 0 saturated carbocycles. The van der Waals surface area contributed by atoms with Crippen molar-refractivity contribution in [1.82, 2.24) is 5.32 Å². The van der Waals surface area contributed by atoms with Crippen molar-refractivity contribution in [3.05, 3.63) is 68.4 Å². The fourth-order valence-corrected chi connectivity index (χ4v) is 2.82. The quantitative estimate of drug-likeness (QED) is 0.719. The van der Waals surface area contributed by atoms with Gasteiger partial charge in [-0.3, -0.25) is 0 Å². The lowest BCUT2D eigenvalue weighted by Gasteiger charge is -2.21. The third kappa shape index (κ3) is 3.59. The number of rotatable bonds is 4. The molecule has 0 aliphatic heterocycles. The predicted molar refractivity (Wildman–Crippen MR) is 81.0 cm³/mol. The molecular formula is C15H12BrClF3N. The summed E-state index contributed by atoms with van der Waals surface area (Å²) >= 11 is 9.36. The lowest BCUT2D eigenvalue weighted by Crippen LogP contribution is -2.23. The molecule has 112 valence electrons. The zero-order valence-corrected chi connectivity index (χ0v) is 13.4. The average molecular weight is 379 g/mol. The van der Waals surface area contributed by atoms with Gasteiger partial charge in [-0.15, -0.1) is 0 Å². The van der Waals surface area contributed by atoms with Gasteiger partial charge in [-0.25, -0.2) is 13.2 Å². The van der Waals surface area contributed by atoms with Gasteiger partial charge >= 0.3 is 0 Å². The molecule has 21 heavy (non-hydrogen) atoms. The molecule has 1 N–H and O–H groups in total. The first-order valence-corrected chi connectivity index (χ1v) is 7.44. The highest BCUT2D eigenvalue weighted by atomic mass is 79.9. The second kappa shape index (κ2) is 6.81. The lowest BCUT2D eigenvalue weighted by atomic mass is 9.98. The number of benzene rings is 2. The minimum absolute atomic E-state index is 0.0796. The third-order valence-electron chi connectivity index (χ3n) is 3.03. The van der Waals surface area contributed by atoms with E-state index in [2.05, 4.69) is 21.2 Å².